The quantitative estimate of drug-likeness (QED) is 0.780. The zero-order chi connectivity index (χ0) is 15.2. The molecular formula is C16H18N2O3S. The molecule has 4 rings (SSSR count). The SMILES string of the molecule is OS1(O)NC2CCCN2c2ccc(Oc3ccccc3)cc21. The molecule has 0 radical (unpaired) electrons. The molecule has 0 aromatic heterocycles. The summed E-state index contributed by atoms with van der Waals surface area (Å²) >= 11 is 0. The first kappa shape index (κ1) is 13.9. The van der Waals surface area contributed by atoms with Crippen LogP contribution in [-0.4, -0.2) is 21.8 Å². The van der Waals surface area contributed by atoms with Crippen LogP contribution in [0.1, 0.15) is 12.8 Å². The first-order valence-electron chi connectivity index (χ1n) is 7.33. The van der Waals surface area contributed by atoms with E-state index in [9.17, 15) is 9.11 Å². The fourth-order valence-electron chi connectivity index (χ4n) is 3.08. The van der Waals surface area contributed by atoms with Gasteiger partial charge in [-0.1, -0.05) is 18.2 Å². The molecule has 1 atom stereocenters. The number of anilines is 1. The molecule has 1 unspecified atom stereocenters. The van der Waals surface area contributed by atoms with Gasteiger partial charge in [0.1, 0.15) is 16.4 Å². The van der Waals surface area contributed by atoms with Crippen LogP contribution in [0.15, 0.2) is 53.4 Å². The second-order valence-corrected chi connectivity index (χ2v) is 7.34. The maximum absolute atomic E-state index is 10.4. The fourth-order valence-corrected chi connectivity index (χ4v) is 4.59. The van der Waals surface area contributed by atoms with Gasteiger partial charge in [0, 0.05) is 12.6 Å². The van der Waals surface area contributed by atoms with Crippen LogP contribution in [0.4, 0.5) is 5.69 Å². The first-order chi connectivity index (χ1) is 10.6. The van der Waals surface area contributed by atoms with E-state index >= 15 is 0 Å². The number of fused-ring (bicyclic) bond motifs is 3. The van der Waals surface area contributed by atoms with Gasteiger partial charge in [0.25, 0.3) is 0 Å². The minimum absolute atomic E-state index is 0.0124. The van der Waals surface area contributed by atoms with Crippen molar-refractivity contribution in [2.75, 3.05) is 11.4 Å². The molecule has 2 aromatic rings. The molecule has 6 heteroatoms. The van der Waals surface area contributed by atoms with Crippen molar-refractivity contribution < 1.29 is 13.8 Å². The lowest BCUT2D eigenvalue weighted by molar-refractivity contribution is 0.440. The van der Waals surface area contributed by atoms with Crippen molar-refractivity contribution in [2.45, 2.75) is 23.9 Å². The van der Waals surface area contributed by atoms with Gasteiger partial charge in [-0.25, -0.2) is 0 Å². The Hall–Kier alpha value is -1.73. The van der Waals surface area contributed by atoms with Crippen molar-refractivity contribution in [1.29, 1.82) is 0 Å². The number of hydrogen-bond donors (Lipinski definition) is 3. The lowest BCUT2D eigenvalue weighted by Crippen LogP contribution is -2.46. The highest BCUT2D eigenvalue weighted by Gasteiger charge is 2.38. The lowest BCUT2D eigenvalue weighted by atomic mass is 10.2. The van der Waals surface area contributed by atoms with E-state index in [1.165, 1.54) is 0 Å². The molecule has 0 spiro atoms. The lowest BCUT2D eigenvalue weighted by Gasteiger charge is -2.46. The number of hydrogen-bond acceptors (Lipinski definition) is 5. The molecule has 0 aliphatic carbocycles. The first-order valence-corrected chi connectivity index (χ1v) is 8.87. The maximum Gasteiger partial charge on any atom is 0.129 e. The van der Waals surface area contributed by atoms with Gasteiger partial charge in [-0.05, 0) is 37.1 Å². The third-order valence-corrected chi connectivity index (χ3v) is 5.62. The molecule has 2 aromatic carbocycles. The summed E-state index contributed by atoms with van der Waals surface area (Å²) < 4.78 is 29.6. The van der Waals surface area contributed by atoms with Gasteiger partial charge in [0.15, 0.2) is 0 Å². The number of benzene rings is 2. The van der Waals surface area contributed by atoms with Crippen LogP contribution in [0.3, 0.4) is 0 Å². The minimum Gasteiger partial charge on any atom is -0.457 e. The number of para-hydroxylation sites is 1. The van der Waals surface area contributed by atoms with Crippen LogP contribution in [-0.2, 0) is 0 Å². The Balaban J connectivity index is 1.71. The van der Waals surface area contributed by atoms with Crippen LogP contribution < -0.4 is 14.4 Å². The Labute approximate surface area is 131 Å². The van der Waals surface area contributed by atoms with Crippen molar-refractivity contribution in [3.8, 4) is 11.5 Å². The van der Waals surface area contributed by atoms with Gasteiger partial charge in [0.2, 0.25) is 0 Å². The van der Waals surface area contributed by atoms with E-state index in [-0.39, 0.29) is 6.17 Å². The van der Waals surface area contributed by atoms with E-state index in [2.05, 4.69) is 9.62 Å². The third-order valence-electron chi connectivity index (χ3n) is 4.08. The minimum atomic E-state index is -2.98. The van der Waals surface area contributed by atoms with Crippen molar-refractivity contribution in [1.82, 2.24) is 4.72 Å². The second-order valence-electron chi connectivity index (χ2n) is 5.56. The molecule has 116 valence electrons. The summed E-state index contributed by atoms with van der Waals surface area (Å²) in [6.07, 6.45) is 1.99. The highest BCUT2D eigenvalue weighted by atomic mass is 32.3. The van der Waals surface area contributed by atoms with Crippen molar-refractivity contribution in [3.05, 3.63) is 48.5 Å². The molecule has 1 fully saturated rings. The molecule has 2 aliphatic rings. The summed E-state index contributed by atoms with van der Waals surface area (Å²) in [5, 5.41) is 0. The van der Waals surface area contributed by atoms with Crippen LogP contribution in [0.5, 0.6) is 11.5 Å². The summed E-state index contributed by atoms with van der Waals surface area (Å²) in [5.74, 6) is 1.33. The van der Waals surface area contributed by atoms with Crippen LogP contribution in [0, 0.1) is 0 Å². The van der Waals surface area contributed by atoms with E-state index in [0.717, 1.165) is 30.8 Å². The van der Waals surface area contributed by atoms with Gasteiger partial charge in [0.05, 0.1) is 11.9 Å². The summed E-state index contributed by atoms with van der Waals surface area (Å²) in [6.45, 7) is 0.930. The van der Waals surface area contributed by atoms with Gasteiger partial charge in [-0.3, -0.25) is 9.11 Å². The van der Waals surface area contributed by atoms with Crippen molar-refractivity contribution in [2.24, 2.45) is 0 Å². The van der Waals surface area contributed by atoms with E-state index < -0.39 is 10.8 Å². The summed E-state index contributed by atoms with van der Waals surface area (Å²) in [7, 11) is -2.98. The Morgan fingerprint density at radius 1 is 1.09 bits per heavy atom. The normalized spacial score (nSPS) is 23.5. The average molecular weight is 318 g/mol. The monoisotopic (exact) mass is 318 g/mol. The topological polar surface area (TPSA) is 65.0 Å². The fraction of sp³-hybridized carbons (Fsp3) is 0.250. The number of ether oxygens (including phenoxy) is 1. The zero-order valence-corrected chi connectivity index (χ0v) is 12.8. The Morgan fingerprint density at radius 3 is 2.73 bits per heavy atom. The van der Waals surface area contributed by atoms with Crippen molar-refractivity contribution in [3.63, 3.8) is 0 Å². The number of rotatable bonds is 2. The predicted molar refractivity (Wildman–Crippen MR) is 87.6 cm³/mol. The molecule has 2 aliphatic heterocycles. The van der Waals surface area contributed by atoms with E-state index in [0.29, 0.717) is 10.6 Å². The molecule has 1 saturated heterocycles. The van der Waals surface area contributed by atoms with Crippen molar-refractivity contribution >= 4 is 16.5 Å². The second kappa shape index (κ2) is 5.17. The van der Waals surface area contributed by atoms with Gasteiger partial charge in [-0.15, -0.1) is 10.8 Å². The standard InChI is InChI=1S/C16H18N2O3S/c19-22(20)15-11-13(21-12-5-2-1-3-6-12)8-9-14(15)18-10-4-7-16(18)17-22/h1-3,5-6,8-9,11,16-17,19-20H,4,7,10H2. The molecule has 0 amide bonds. The molecule has 3 N–H and O–H groups in total. The van der Waals surface area contributed by atoms with Crippen LogP contribution in [0.25, 0.3) is 0 Å². The Morgan fingerprint density at radius 2 is 1.91 bits per heavy atom. The molecular weight excluding hydrogens is 300 g/mol. The van der Waals surface area contributed by atoms with E-state index in [4.69, 9.17) is 4.74 Å². The number of nitrogens with one attached hydrogen (secondary N) is 1. The van der Waals surface area contributed by atoms with Gasteiger partial charge in [-0.2, -0.15) is 4.72 Å². The van der Waals surface area contributed by atoms with Crippen LogP contribution >= 0.6 is 10.8 Å². The average Bonchev–Trinajstić information content (AvgIpc) is 2.96. The van der Waals surface area contributed by atoms with E-state index in [1.54, 1.807) is 6.07 Å². The molecule has 0 bridgehead atoms. The zero-order valence-electron chi connectivity index (χ0n) is 12.0. The summed E-state index contributed by atoms with van der Waals surface area (Å²) in [5.41, 5.74) is 0.890. The Kier molecular flexibility index (Phi) is 3.27. The summed E-state index contributed by atoms with van der Waals surface area (Å²) in [6, 6.07) is 15.0. The molecule has 2 heterocycles. The van der Waals surface area contributed by atoms with Crippen LogP contribution in [0.2, 0.25) is 0 Å². The maximum atomic E-state index is 10.4. The highest BCUT2D eigenvalue weighted by Crippen LogP contribution is 2.55. The van der Waals surface area contributed by atoms with Gasteiger partial charge < -0.3 is 9.64 Å². The smallest absolute Gasteiger partial charge is 0.129 e. The Bertz CT molecular complexity index is 693. The van der Waals surface area contributed by atoms with Gasteiger partial charge >= 0.3 is 0 Å². The predicted octanol–water partition coefficient (Wildman–Crippen LogP) is 4.03. The molecule has 0 saturated carbocycles. The van der Waals surface area contributed by atoms with E-state index in [1.807, 2.05) is 42.5 Å². The molecule has 5 nitrogen and oxygen atoms in total. The molecule has 22 heavy (non-hydrogen) atoms. The highest BCUT2D eigenvalue weighted by molar-refractivity contribution is 8.22. The largest absolute Gasteiger partial charge is 0.457 e. The number of nitrogens with zero attached hydrogens (tertiary/aromatic N) is 1. The summed E-state index contributed by atoms with van der Waals surface area (Å²) in [4.78, 5) is 2.71. The third kappa shape index (κ3) is 2.34.